The van der Waals surface area contributed by atoms with E-state index in [1.54, 1.807) is 36.4 Å². The molecular weight excluding hydrogens is 364 g/mol. The van der Waals surface area contributed by atoms with Gasteiger partial charge in [-0.15, -0.1) is 6.42 Å². The first kappa shape index (κ1) is 20.2. The Morgan fingerprint density at radius 3 is 2.52 bits per heavy atom. The third kappa shape index (κ3) is 4.96. The fourth-order valence-electron chi connectivity index (χ4n) is 2.45. The van der Waals surface area contributed by atoms with Gasteiger partial charge in [0.05, 0.1) is 22.8 Å². The summed E-state index contributed by atoms with van der Waals surface area (Å²) in [5.74, 6) is 1.39. The zero-order chi connectivity index (χ0) is 20.0. The quantitative estimate of drug-likeness (QED) is 0.774. The van der Waals surface area contributed by atoms with Gasteiger partial charge in [-0.25, -0.2) is 8.42 Å². The maximum absolute atomic E-state index is 12.7. The molecule has 0 radical (unpaired) electrons. The van der Waals surface area contributed by atoms with Crippen LogP contribution in [0, 0.1) is 12.3 Å². The number of nitrogens with zero attached hydrogens (tertiary/aromatic N) is 1. The Morgan fingerprint density at radius 1 is 1.15 bits per heavy atom. The minimum absolute atomic E-state index is 0.0357. The van der Waals surface area contributed by atoms with Crippen LogP contribution >= 0.6 is 0 Å². The summed E-state index contributed by atoms with van der Waals surface area (Å²) in [4.78, 5) is 26.0. The Kier molecular flexibility index (Phi) is 6.37. The molecule has 0 fully saturated rings. The fourth-order valence-corrected chi connectivity index (χ4v) is 3.54. The molecule has 2 amide bonds. The van der Waals surface area contributed by atoms with E-state index in [9.17, 15) is 18.0 Å². The summed E-state index contributed by atoms with van der Waals surface area (Å²) in [5.41, 5.74) is 1.19. The van der Waals surface area contributed by atoms with Gasteiger partial charge in [-0.05, 0) is 30.3 Å². The predicted molar refractivity (Wildman–Crippen MR) is 104 cm³/mol. The molecule has 6 nitrogen and oxygen atoms in total. The van der Waals surface area contributed by atoms with E-state index < -0.39 is 21.7 Å². The lowest BCUT2D eigenvalue weighted by molar-refractivity contribution is -0.116. The number of carbonyl (C=O) groups is 2. The second kappa shape index (κ2) is 8.52. The van der Waals surface area contributed by atoms with Crippen molar-refractivity contribution >= 4 is 27.3 Å². The number of hydrogen-bond donors (Lipinski definition) is 1. The lowest BCUT2D eigenvalue weighted by Gasteiger charge is -2.18. The molecule has 0 saturated heterocycles. The number of rotatable bonds is 6. The summed E-state index contributed by atoms with van der Waals surface area (Å²) in [5, 5.41) is 2.66. The standard InChI is InChI=1S/C20H20N2O4S/c1-4-15-9-8-10-16(13-15)21-19(23)14-22(3)20(24)17-11-6-7-12-18(17)27(25,26)5-2/h1,6-13H,5,14H2,2-3H3,(H,21,23). The van der Waals surface area contributed by atoms with Crippen LogP contribution in [-0.2, 0) is 14.6 Å². The van der Waals surface area contributed by atoms with E-state index in [4.69, 9.17) is 6.42 Å². The van der Waals surface area contributed by atoms with Gasteiger partial charge < -0.3 is 10.2 Å². The van der Waals surface area contributed by atoms with Crippen LogP contribution in [0.2, 0.25) is 0 Å². The third-order valence-corrected chi connectivity index (χ3v) is 5.66. The highest BCUT2D eigenvalue weighted by Gasteiger charge is 2.23. The van der Waals surface area contributed by atoms with Crippen LogP contribution in [0.3, 0.4) is 0 Å². The third-order valence-electron chi connectivity index (χ3n) is 3.87. The van der Waals surface area contributed by atoms with Crippen molar-refractivity contribution in [2.24, 2.45) is 0 Å². The zero-order valence-electron chi connectivity index (χ0n) is 15.1. The number of benzene rings is 2. The second-order valence-electron chi connectivity index (χ2n) is 5.83. The second-order valence-corrected chi connectivity index (χ2v) is 8.08. The van der Waals surface area contributed by atoms with E-state index in [0.717, 1.165) is 0 Å². The van der Waals surface area contributed by atoms with E-state index in [1.807, 2.05) is 0 Å². The van der Waals surface area contributed by atoms with Crippen molar-refractivity contribution in [2.45, 2.75) is 11.8 Å². The minimum Gasteiger partial charge on any atom is -0.332 e. The largest absolute Gasteiger partial charge is 0.332 e. The van der Waals surface area contributed by atoms with Gasteiger partial charge in [0.2, 0.25) is 5.91 Å². The molecule has 0 bridgehead atoms. The number of terminal acetylenes is 1. The Hall–Kier alpha value is -3.11. The summed E-state index contributed by atoms with van der Waals surface area (Å²) in [6.07, 6.45) is 5.33. The maximum Gasteiger partial charge on any atom is 0.255 e. The van der Waals surface area contributed by atoms with Crippen molar-refractivity contribution in [1.29, 1.82) is 0 Å². The molecule has 2 aromatic rings. The average Bonchev–Trinajstić information content (AvgIpc) is 2.67. The Labute approximate surface area is 159 Å². The average molecular weight is 384 g/mol. The van der Waals surface area contributed by atoms with Crippen LogP contribution in [-0.4, -0.2) is 44.5 Å². The molecule has 2 rings (SSSR count). The first-order valence-corrected chi connectivity index (χ1v) is 9.87. The van der Waals surface area contributed by atoms with E-state index in [2.05, 4.69) is 11.2 Å². The van der Waals surface area contributed by atoms with Gasteiger partial charge in [0, 0.05) is 18.3 Å². The van der Waals surface area contributed by atoms with Crippen molar-refractivity contribution in [1.82, 2.24) is 4.90 Å². The number of likely N-dealkylation sites (N-methyl/N-ethyl adjacent to an activating group) is 1. The van der Waals surface area contributed by atoms with Gasteiger partial charge in [0.1, 0.15) is 0 Å². The van der Waals surface area contributed by atoms with Crippen molar-refractivity contribution in [3.63, 3.8) is 0 Å². The summed E-state index contributed by atoms with van der Waals surface area (Å²) < 4.78 is 24.4. The summed E-state index contributed by atoms with van der Waals surface area (Å²) in [6.45, 7) is 1.28. The molecule has 0 aliphatic heterocycles. The first-order valence-electron chi connectivity index (χ1n) is 8.22. The minimum atomic E-state index is -3.56. The monoisotopic (exact) mass is 384 g/mol. The van der Waals surface area contributed by atoms with Gasteiger partial charge in [-0.3, -0.25) is 9.59 Å². The Bertz CT molecular complexity index is 1010. The maximum atomic E-state index is 12.7. The number of anilines is 1. The molecule has 7 heteroatoms. The molecule has 2 aromatic carbocycles. The molecule has 0 aromatic heterocycles. The molecule has 0 heterocycles. The van der Waals surface area contributed by atoms with Crippen molar-refractivity contribution < 1.29 is 18.0 Å². The first-order chi connectivity index (χ1) is 12.8. The molecule has 0 aliphatic carbocycles. The topological polar surface area (TPSA) is 83.6 Å². The highest BCUT2D eigenvalue weighted by Crippen LogP contribution is 2.18. The van der Waals surface area contributed by atoms with Gasteiger partial charge in [0.25, 0.3) is 5.91 Å². The van der Waals surface area contributed by atoms with Gasteiger partial charge in [-0.2, -0.15) is 0 Å². The number of hydrogen-bond acceptors (Lipinski definition) is 4. The van der Waals surface area contributed by atoms with Crippen molar-refractivity contribution in [3.8, 4) is 12.3 Å². The summed E-state index contributed by atoms with van der Waals surface area (Å²) in [7, 11) is -2.12. The van der Waals surface area contributed by atoms with Crippen LogP contribution < -0.4 is 5.32 Å². The summed E-state index contributed by atoms with van der Waals surface area (Å²) >= 11 is 0. The van der Waals surface area contributed by atoms with Gasteiger partial charge >= 0.3 is 0 Å². The van der Waals surface area contributed by atoms with Gasteiger partial charge in [0.15, 0.2) is 9.84 Å². The van der Waals surface area contributed by atoms with Crippen molar-refractivity contribution in [3.05, 3.63) is 59.7 Å². The SMILES string of the molecule is C#Cc1cccc(NC(=O)CN(C)C(=O)c2ccccc2S(=O)(=O)CC)c1. The smallest absolute Gasteiger partial charge is 0.255 e. The number of nitrogens with one attached hydrogen (secondary N) is 1. The molecule has 27 heavy (non-hydrogen) atoms. The number of amides is 2. The Morgan fingerprint density at radius 2 is 1.85 bits per heavy atom. The molecule has 0 atom stereocenters. The molecule has 0 spiro atoms. The lowest BCUT2D eigenvalue weighted by atomic mass is 10.2. The number of carbonyl (C=O) groups excluding carboxylic acids is 2. The highest BCUT2D eigenvalue weighted by atomic mass is 32.2. The lowest BCUT2D eigenvalue weighted by Crippen LogP contribution is -2.35. The molecule has 140 valence electrons. The number of sulfone groups is 1. The van der Waals surface area contributed by atoms with Crippen LogP contribution in [0.25, 0.3) is 0 Å². The van der Waals surface area contributed by atoms with Gasteiger partial charge in [-0.1, -0.05) is 31.0 Å². The van der Waals surface area contributed by atoms with E-state index in [0.29, 0.717) is 11.3 Å². The van der Waals surface area contributed by atoms with Crippen LogP contribution in [0.4, 0.5) is 5.69 Å². The van der Waals surface area contributed by atoms with E-state index in [1.165, 1.54) is 31.0 Å². The molecule has 1 N–H and O–H groups in total. The molecule has 0 aliphatic rings. The predicted octanol–water partition coefficient (Wildman–Crippen LogP) is 2.17. The fraction of sp³-hybridized carbons (Fsp3) is 0.200. The van der Waals surface area contributed by atoms with Crippen LogP contribution in [0.1, 0.15) is 22.8 Å². The van der Waals surface area contributed by atoms with Crippen molar-refractivity contribution in [2.75, 3.05) is 24.7 Å². The molecule has 0 saturated carbocycles. The Balaban J connectivity index is 2.14. The van der Waals surface area contributed by atoms with Crippen LogP contribution in [0.15, 0.2) is 53.4 Å². The zero-order valence-corrected chi connectivity index (χ0v) is 15.9. The molecule has 0 unspecified atom stereocenters. The van der Waals surface area contributed by atoms with Crippen LogP contribution in [0.5, 0.6) is 0 Å². The molecular formula is C20H20N2O4S. The van der Waals surface area contributed by atoms with E-state index >= 15 is 0 Å². The normalized spacial score (nSPS) is 10.7. The summed E-state index contributed by atoms with van der Waals surface area (Å²) in [6, 6.07) is 12.8. The van der Waals surface area contributed by atoms with E-state index in [-0.39, 0.29) is 22.8 Å². The highest BCUT2D eigenvalue weighted by molar-refractivity contribution is 7.91.